The smallest absolute Gasteiger partial charge is 0.0669 e. The molecule has 2 heteroatoms. The lowest BCUT2D eigenvalue weighted by molar-refractivity contribution is 0.197. The first-order chi connectivity index (χ1) is 5.40. The van der Waals surface area contributed by atoms with Crippen LogP contribution in [0.4, 0.5) is 0 Å². The highest BCUT2D eigenvalue weighted by Crippen LogP contribution is 2.29. The second-order valence-electron chi connectivity index (χ2n) is 3.71. The first kappa shape index (κ1) is 7.12. The van der Waals surface area contributed by atoms with Crippen molar-refractivity contribution in [2.45, 2.75) is 31.7 Å². The van der Waals surface area contributed by atoms with Crippen molar-refractivity contribution >= 4 is 0 Å². The van der Waals surface area contributed by atoms with E-state index >= 15 is 0 Å². The second kappa shape index (κ2) is 2.83. The fourth-order valence-corrected chi connectivity index (χ4v) is 2.35. The summed E-state index contributed by atoms with van der Waals surface area (Å²) in [5, 5.41) is 8.74. The van der Waals surface area contributed by atoms with Crippen molar-refractivity contribution in [3.05, 3.63) is 0 Å². The average molecular weight is 150 g/mol. The van der Waals surface area contributed by atoms with Crippen LogP contribution in [0.25, 0.3) is 0 Å². The molecule has 2 nitrogen and oxygen atoms in total. The Morgan fingerprint density at radius 1 is 1.36 bits per heavy atom. The highest BCUT2D eigenvalue weighted by Gasteiger charge is 2.32. The normalized spacial score (nSPS) is 38.1. The molecule has 60 valence electrons. The second-order valence-corrected chi connectivity index (χ2v) is 3.71. The maximum atomic E-state index is 8.74. The summed E-state index contributed by atoms with van der Waals surface area (Å²) in [5.41, 5.74) is 0. The molecule has 0 amide bonds. The van der Waals surface area contributed by atoms with Gasteiger partial charge >= 0.3 is 0 Å². The van der Waals surface area contributed by atoms with Crippen molar-refractivity contribution in [2.75, 3.05) is 13.1 Å². The van der Waals surface area contributed by atoms with Gasteiger partial charge in [-0.2, -0.15) is 5.26 Å². The Morgan fingerprint density at radius 3 is 3.00 bits per heavy atom. The largest absolute Gasteiger partial charge is 0.299 e. The summed E-state index contributed by atoms with van der Waals surface area (Å²) < 4.78 is 0. The third-order valence-electron chi connectivity index (χ3n) is 2.94. The van der Waals surface area contributed by atoms with E-state index in [9.17, 15) is 0 Å². The van der Waals surface area contributed by atoms with Gasteiger partial charge in [0.1, 0.15) is 0 Å². The predicted molar refractivity (Wildman–Crippen MR) is 42.9 cm³/mol. The molecular formula is C9H14N2. The highest BCUT2D eigenvalue weighted by atomic mass is 15.2. The molecule has 0 unspecified atom stereocenters. The summed E-state index contributed by atoms with van der Waals surface area (Å²) in [6, 6.07) is 3.14. The van der Waals surface area contributed by atoms with Gasteiger partial charge in [-0.25, -0.2) is 0 Å². The molecule has 2 heterocycles. The molecule has 0 aliphatic carbocycles. The lowest BCUT2D eigenvalue weighted by Crippen LogP contribution is -2.33. The van der Waals surface area contributed by atoms with E-state index < -0.39 is 0 Å². The minimum atomic E-state index is 0.332. The number of hydrogen-bond donors (Lipinski definition) is 0. The van der Waals surface area contributed by atoms with Crippen LogP contribution >= 0.6 is 0 Å². The monoisotopic (exact) mass is 150 g/mol. The van der Waals surface area contributed by atoms with Crippen LogP contribution in [-0.2, 0) is 0 Å². The Balaban J connectivity index is 1.99. The van der Waals surface area contributed by atoms with Gasteiger partial charge in [-0.3, -0.25) is 4.90 Å². The van der Waals surface area contributed by atoms with Crippen LogP contribution in [0.3, 0.4) is 0 Å². The SMILES string of the molecule is N#C[C@H]1C[C@H]2CCCCN2C1. The van der Waals surface area contributed by atoms with Gasteiger partial charge in [0.05, 0.1) is 12.0 Å². The summed E-state index contributed by atoms with van der Waals surface area (Å²) in [6.45, 7) is 2.28. The van der Waals surface area contributed by atoms with E-state index in [4.69, 9.17) is 5.26 Å². The molecule has 2 fully saturated rings. The Labute approximate surface area is 67.8 Å². The molecule has 11 heavy (non-hydrogen) atoms. The Morgan fingerprint density at radius 2 is 2.27 bits per heavy atom. The molecule has 0 radical (unpaired) electrons. The molecule has 2 atom stereocenters. The first-order valence-corrected chi connectivity index (χ1v) is 4.54. The van der Waals surface area contributed by atoms with E-state index in [1.54, 1.807) is 0 Å². The van der Waals surface area contributed by atoms with Gasteiger partial charge in [0.25, 0.3) is 0 Å². The van der Waals surface area contributed by atoms with Gasteiger partial charge in [-0.05, 0) is 25.8 Å². The Kier molecular flexibility index (Phi) is 1.83. The number of rotatable bonds is 0. The minimum absolute atomic E-state index is 0.332. The molecule has 2 aliphatic heterocycles. The van der Waals surface area contributed by atoms with Crippen LogP contribution in [0.1, 0.15) is 25.7 Å². The third-order valence-corrected chi connectivity index (χ3v) is 2.94. The summed E-state index contributed by atoms with van der Waals surface area (Å²) >= 11 is 0. The van der Waals surface area contributed by atoms with Crippen molar-refractivity contribution in [2.24, 2.45) is 5.92 Å². The van der Waals surface area contributed by atoms with Gasteiger partial charge in [-0.15, -0.1) is 0 Å². The van der Waals surface area contributed by atoms with Crippen LogP contribution in [0.5, 0.6) is 0 Å². The maximum absolute atomic E-state index is 8.74. The zero-order valence-electron chi connectivity index (χ0n) is 6.79. The number of fused-ring (bicyclic) bond motifs is 1. The number of hydrogen-bond acceptors (Lipinski definition) is 2. The van der Waals surface area contributed by atoms with Crippen molar-refractivity contribution in [1.29, 1.82) is 5.26 Å². The van der Waals surface area contributed by atoms with Crippen molar-refractivity contribution in [3.63, 3.8) is 0 Å². The molecule has 0 aromatic rings. The van der Waals surface area contributed by atoms with Crippen LogP contribution in [-0.4, -0.2) is 24.0 Å². The standard InChI is InChI=1S/C9H14N2/c10-6-8-5-9-3-1-2-4-11(9)7-8/h8-9H,1-5,7H2/t8-,9-/m1/s1. The predicted octanol–water partition coefficient (Wildman–Crippen LogP) is 1.38. The molecule has 2 rings (SSSR count). The number of nitrogens with zero attached hydrogens (tertiary/aromatic N) is 2. The highest BCUT2D eigenvalue weighted by molar-refractivity contribution is 4.96. The fourth-order valence-electron chi connectivity index (χ4n) is 2.35. The van der Waals surface area contributed by atoms with Crippen LogP contribution in [0, 0.1) is 17.2 Å². The van der Waals surface area contributed by atoms with Gasteiger partial charge < -0.3 is 0 Å². The zero-order valence-corrected chi connectivity index (χ0v) is 6.79. The molecule has 0 aromatic heterocycles. The van der Waals surface area contributed by atoms with Gasteiger partial charge in [0.15, 0.2) is 0 Å². The summed E-state index contributed by atoms with van der Waals surface area (Å²) in [5.74, 6) is 0.332. The maximum Gasteiger partial charge on any atom is 0.0669 e. The van der Waals surface area contributed by atoms with E-state index in [-0.39, 0.29) is 0 Å². The minimum Gasteiger partial charge on any atom is -0.299 e. The van der Waals surface area contributed by atoms with E-state index in [0.29, 0.717) is 5.92 Å². The molecule has 0 bridgehead atoms. The fraction of sp³-hybridized carbons (Fsp3) is 0.889. The van der Waals surface area contributed by atoms with Crippen LogP contribution in [0.2, 0.25) is 0 Å². The Hall–Kier alpha value is -0.550. The zero-order chi connectivity index (χ0) is 7.68. The van der Waals surface area contributed by atoms with E-state index in [1.807, 2.05) is 0 Å². The van der Waals surface area contributed by atoms with E-state index in [0.717, 1.165) is 19.0 Å². The van der Waals surface area contributed by atoms with Crippen LogP contribution < -0.4 is 0 Å². The summed E-state index contributed by atoms with van der Waals surface area (Å²) in [4.78, 5) is 2.50. The van der Waals surface area contributed by atoms with Crippen molar-refractivity contribution < 1.29 is 0 Å². The van der Waals surface area contributed by atoms with Gasteiger partial charge in [0.2, 0.25) is 0 Å². The van der Waals surface area contributed by atoms with E-state index in [1.165, 1.54) is 25.8 Å². The van der Waals surface area contributed by atoms with Gasteiger partial charge in [0, 0.05) is 12.6 Å². The average Bonchev–Trinajstić information content (AvgIpc) is 2.46. The van der Waals surface area contributed by atoms with Crippen LogP contribution in [0.15, 0.2) is 0 Å². The third kappa shape index (κ3) is 1.25. The topological polar surface area (TPSA) is 27.0 Å². The van der Waals surface area contributed by atoms with E-state index in [2.05, 4.69) is 11.0 Å². The quantitative estimate of drug-likeness (QED) is 0.521. The number of nitriles is 1. The van der Waals surface area contributed by atoms with Crippen molar-refractivity contribution in [1.82, 2.24) is 4.90 Å². The lowest BCUT2D eigenvalue weighted by Gasteiger charge is -2.28. The number of piperidine rings is 1. The molecule has 2 aliphatic rings. The Bertz CT molecular complexity index is 168. The van der Waals surface area contributed by atoms with Crippen molar-refractivity contribution in [3.8, 4) is 6.07 Å². The molecule has 0 N–H and O–H groups in total. The molecule has 2 saturated heterocycles. The molecule has 0 spiro atoms. The summed E-state index contributed by atoms with van der Waals surface area (Å²) in [6.07, 6.45) is 5.18. The van der Waals surface area contributed by atoms with Gasteiger partial charge in [-0.1, -0.05) is 6.42 Å². The molecule has 0 saturated carbocycles. The lowest BCUT2D eigenvalue weighted by atomic mass is 10.0. The first-order valence-electron chi connectivity index (χ1n) is 4.54. The molecular weight excluding hydrogens is 136 g/mol. The summed E-state index contributed by atoms with van der Waals surface area (Å²) in [7, 11) is 0. The molecule has 0 aromatic carbocycles.